The SMILES string of the molecule is Cn1cc(SC(F)(F)F)c(N)n1.FC(F)(F)SCl. The van der Waals surface area contributed by atoms with Crippen LogP contribution in [0, 0.1) is 0 Å². The van der Waals surface area contributed by atoms with Crippen LogP contribution in [-0.4, -0.2) is 20.8 Å². The highest BCUT2D eigenvalue weighted by Crippen LogP contribution is 2.38. The predicted molar refractivity (Wildman–Crippen MR) is 59.0 cm³/mol. The van der Waals surface area contributed by atoms with E-state index in [1.54, 1.807) is 0 Å². The molecule has 106 valence electrons. The van der Waals surface area contributed by atoms with Gasteiger partial charge in [-0.3, -0.25) is 4.68 Å². The van der Waals surface area contributed by atoms with Crippen molar-refractivity contribution < 1.29 is 26.3 Å². The van der Waals surface area contributed by atoms with Gasteiger partial charge in [-0.2, -0.15) is 31.4 Å². The van der Waals surface area contributed by atoms with Crippen LogP contribution in [0.3, 0.4) is 0 Å². The lowest BCUT2D eigenvalue weighted by Crippen LogP contribution is -1.99. The smallest absolute Gasteiger partial charge is 0.381 e. The van der Waals surface area contributed by atoms with Gasteiger partial charge in [0.1, 0.15) is 0 Å². The molecule has 0 atom stereocenters. The van der Waals surface area contributed by atoms with Crippen molar-refractivity contribution in [2.75, 3.05) is 5.73 Å². The Morgan fingerprint density at radius 3 is 1.89 bits per heavy atom. The zero-order chi connectivity index (χ0) is 14.6. The minimum absolute atomic E-state index is 0.0648. The summed E-state index contributed by atoms with van der Waals surface area (Å²) in [6.45, 7) is 0. The first-order chi connectivity index (χ1) is 7.94. The molecule has 0 unspecified atom stereocenters. The minimum Gasteiger partial charge on any atom is -0.381 e. The highest BCUT2D eigenvalue weighted by molar-refractivity contribution is 8.21. The van der Waals surface area contributed by atoms with Gasteiger partial charge in [-0.15, -0.1) is 0 Å². The first kappa shape index (κ1) is 17.6. The average Bonchev–Trinajstić information content (AvgIpc) is 2.42. The van der Waals surface area contributed by atoms with Gasteiger partial charge >= 0.3 is 11.0 Å². The van der Waals surface area contributed by atoms with E-state index >= 15 is 0 Å². The number of nitrogen functional groups attached to an aromatic ring is 1. The Bertz CT molecular complexity index is 376. The number of rotatable bonds is 1. The van der Waals surface area contributed by atoms with Crippen LogP contribution >= 0.6 is 33.4 Å². The Balaban J connectivity index is 0.000000411. The Kier molecular flexibility index (Phi) is 6.51. The molecule has 0 radical (unpaired) electrons. The molecule has 12 heteroatoms. The lowest BCUT2D eigenvalue weighted by atomic mass is 10.7. The van der Waals surface area contributed by atoms with Gasteiger partial charge in [-0.1, -0.05) is 0 Å². The number of alkyl halides is 6. The molecule has 0 aliphatic rings. The second-order valence-corrected chi connectivity index (χ2v) is 4.81. The van der Waals surface area contributed by atoms with Crippen molar-refractivity contribution in [3.8, 4) is 0 Å². The summed E-state index contributed by atoms with van der Waals surface area (Å²) in [4.78, 5) is -0.0648. The summed E-state index contributed by atoms with van der Waals surface area (Å²) in [7, 11) is 5.13. The zero-order valence-corrected chi connectivity index (χ0v) is 10.9. The van der Waals surface area contributed by atoms with Gasteiger partial charge in [0.05, 0.1) is 15.9 Å². The zero-order valence-electron chi connectivity index (χ0n) is 8.51. The molecule has 1 heterocycles. The number of halogens is 7. The van der Waals surface area contributed by atoms with Crippen molar-refractivity contribution in [3.05, 3.63) is 6.20 Å². The van der Waals surface area contributed by atoms with Gasteiger partial charge in [0.15, 0.2) is 5.82 Å². The van der Waals surface area contributed by atoms with Crippen LogP contribution in [0.1, 0.15) is 0 Å². The molecule has 0 fully saturated rings. The fraction of sp³-hybridized carbons (Fsp3) is 0.500. The minimum atomic E-state index is -4.31. The molecular formula is C6H6ClF6N3S2. The summed E-state index contributed by atoms with van der Waals surface area (Å²) in [5, 5.41) is 3.57. The fourth-order valence-electron chi connectivity index (χ4n) is 0.687. The maximum atomic E-state index is 11.8. The molecule has 0 amide bonds. The summed E-state index contributed by atoms with van der Waals surface area (Å²) in [6.07, 6.45) is 1.23. The number of thioether (sulfide) groups is 1. The molecule has 0 aliphatic carbocycles. The van der Waals surface area contributed by atoms with Gasteiger partial charge in [-0.25, -0.2) is 0 Å². The first-order valence-electron chi connectivity index (χ1n) is 3.86. The van der Waals surface area contributed by atoms with E-state index in [1.165, 1.54) is 17.9 Å². The van der Waals surface area contributed by atoms with E-state index in [1.807, 2.05) is 0 Å². The lowest BCUT2D eigenvalue weighted by Gasteiger charge is -2.02. The van der Waals surface area contributed by atoms with E-state index in [0.717, 1.165) is 0 Å². The van der Waals surface area contributed by atoms with Gasteiger partial charge in [0.2, 0.25) is 0 Å². The van der Waals surface area contributed by atoms with E-state index in [9.17, 15) is 26.3 Å². The molecule has 1 rings (SSSR count). The van der Waals surface area contributed by atoms with Gasteiger partial charge in [-0.05, 0) is 22.4 Å². The third kappa shape index (κ3) is 8.64. The quantitative estimate of drug-likeness (QED) is 0.623. The van der Waals surface area contributed by atoms with Gasteiger partial charge in [0.25, 0.3) is 0 Å². The first-order valence-corrected chi connectivity index (χ1v) is 6.32. The third-order valence-electron chi connectivity index (χ3n) is 1.14. The molecule has 18 heavy (non-hydrogen) atoms. The maximum absolute atomic E-state index is 11.8. The van der Waals surface area contributed by atoms with Crippen LogP contribution < -0.4 is 5.73 Å². The van der Waals surface area contributed by atoms with Crippen molar-refractivity contribution in [3.63, 3.8) is 0 Å². The average molecular weight is 334 g/mol. The van der Waals surface area contributed by atoms with Crippen LogP contribution in [0.2, 0.25) is 0 Å². The maximum Gasteiger partial charge on any atom is 0.456 e. The van der Waals surface area contributed by atoms with E-state index in [0.29, 0.717) is 0 Å². The Morgan fingerprint density at radius 2 is 1.67 bits per heavy atom. The summed E-state index contributed by atoms with van der Waals surface area (Å²) >= 11 is -0.260. The van der Waals surface area contributed by atoms with Crippen LogP contribution in [0.15, 0.2) is 11.1 Å². The van der Waals surface area contributed by atoms with Crippen molar-refractivity contribution >= 4 is 39.2 Å². The molecule has 0 aliphatic heterocycles. The second-order valence-electron chi connectivity index (χ2n) is 2.62. The van der Waals surface area contributed by atoms with Crippen LogP contribution in [-0.2, 0) is 7.05 Å². The standard InChI is InChI=1S/C5H6F3N3S.CClF3S/c1-11-2-3(4(9)10-11)12-5(6,7)8;2-6-1(3,4)5/h2H,1H3,(H2,9,10);. The molecule has 0 bridgehead atoms. The number of nitrogens with zero attached hydrogens (tertiary/aromatic N) is 2. The van der Waals surface area contributed by atoms with Gasteiger partial charge < -0.3 is 5.73 Å². The molecular weight excluding hydrogens is 328 g/mol. The topological polar surface area (TPSA) is 43.8 Å². The Morgan fingerprint density at radius 1 is 1.22 bits per heavy atom. The van der Waals surface area contributed by atoms with Crippen molar-refractivity contribution in [1.29, 1.82) is 0 Å². The van der Waals surface area contributed by atoms with Gasteiger partial charge in [0, 0.05) is 13.2 Å². The molecule has 0 spiro atoms. The van der Waals surface area contributed by atoms with Crippen molar-refractivity contribution in [2.45, 2.75) is 15.9 Å². The number of hydrogen-bond acceptors (Lipinski definition) is 4. The highest BCUT2D eigenvalue weighted by Gasteiger charge is 2.31. The Labute approximate surface area is 111 Å². The fourth-order valence-corrected chi connectivity index (χ4v) is 1.29. The molecule has 1 aromatic heterocycles. The third-order valence-corrected chi connectivity index (χ3v) is 2.60. The van der Waals surface area contributed by atoms with Crippen molar-refractivity contribution in [1.82, 2.24) is 9.78 Å². The van der Waals surface area contributed by atoms with E-state index < -0.39 is 22.0 Å². The molecule has 0 saturated carbocycles. The van der Waals surface area contributed by atoms with Crippen LogP contribution in [0.25, 0.3) is 0 Å². The molecule has 0 saturated heterocycles. The van der Waals surface area contributed by atoms with E-state index in [-0.39, 0.29) is 22.5 Å². The summed E-state index contributed by atoms with van der Waals surface area (Å²) in [5.41, 5.74) is -3.39. The molecule has 3 nitrogen and oxygen atoms in total. The monoisotopic (exact) mass is 333 g/mol. The summed E-state index contributed by atoms with van der Waals surface area (Å²) in [5.74, 6) is -0.0974. The molecule has 0 aromatic carbocycles. The summed E-state index contributed by atoms with van der Waals surface area (Å²) < 4.78 is 68.5. The van der Waals surface area contributed by atoms with E-state index in [2.05, 4.69) is 15.8 Å². The molecule has 2 N–H and O–H groups in total. The summed E-state index contributed by atoms with van der Waals surface area (Å²) in [6, 6.07) is 0. The second kappa shape index (κ2) is 6.66. The number of aromatic nitrogens is 2. The lowest BCUT2D eigenvalue weighted by molar-refractivity contribution is -0.0332. The number of hydrogen-bond donors (Lipinski definition) is 1. The Hall–Kier alpha value is -0.420. The van der Waals surface area contributed by atoms with Crippen LogP contribution in [0.5, 0.6) is 0 Å². The number of anilines is 1. The highest BCUT2D eigenvalue weighted by atomic mass is 35.7. The van der Waals surface area contributed by atoms with Crippen LogP contribution in [0.4, 0.5) is 32.2 Å². The normalized spacial score (nSPS) is 12.0. The van der Waals surface area contributed by atoms with E-state index in [4.69, 9.17) is 5.73 Å². The largest absolute Gasteiger partial charge is 0.456 e. The molecule has 1 aromatic rings. The predicted octanol–water partition coefficient (Wildman–Crippen LogP) is 4.01. The number of nitrogens with two attached hydrogens (primary N) is 1. The van der Waals surface area contributed by atoms with Crippen molar-refractivity contribution in [2.24, 2.45) is 7.05 Å². The number of aryl methyl sites for hydroxylation is 1.